The van der Waals surface area contributed by atoms with Gasteiger partial charge in [0.25, 0.3) is 0 Å². The lowest BCUT2D eigenvalue weighted by Crippen LogP contribution is -2.32. The molecule has 33 heavy (non-hydrogen) atoms. The lowest BCUT2D eigenvalue weighted by molar-refractivity contribution is -0.120. The van der Waals surface area contributed by atoms with Gasteiger partial charge >= 0.3 is 0 Å². The predicted octanol–water partition coefficient (Wildman–Crippen LogP) is 4.43. The molecule has 0 aliphatic carbocycles. The van der Waals surface area contributed by atoms with E-state index < -0.39 is 0 Å². The Bertz CT molecular complexity index is 1180. The Morgan fingerprint density at radius 1 is 1.12 bits per heavy atom. The SMILES string of the molecule is COc1cccc(-c2nnc(SC(C)C(=O)NCCc3ccccc3)n2Cc2ccco2)c1. The molecule has 0 spiro atoms. The van der Waals surface area contributed by atoms with Crippen LogP contribution in [0.4, 0.5) is 0 Å². The van der Waals surface area contributed by atoms with Crippen LogP contribution in [0.15, 0.2) is 82.6 Å². The van der Waals surface area contributed by atoms with Crippen LogP contribution >= 0.6 is 11.8 Å². The Morgan fingerprint density at radius 3 is 2.73 bits per heavy atom. The van der Waals surface area contributed by atoms with Gasteiger partial charge in [0.2, 0.25) is 5.91 Å². The Kier molecular flexibility index (Phi) is 7.47. The minimum absolute atomic E-state index is 0.0357. The first-order valence-corrected chi connectivity index (χ1v) is 11.6. The van der Waals surface area contributed by atoms with Crippen LogP contribution in [-0.4, -0.2) is 39.6 Å². The van der Waals surface area contributed by atoms with Crippen molar-refractivity contribution in [2.24, 2.45) is 0 Å². The molecule has 2 aromatic heterocycles. The Morgan fingerprint density at radius 2 is 1.97 bits per heavy atom. The topological polar surface area (TPSA) is 82.2 Å². The van der Waals surface area contributed by atoms with Crippen molar-refractivity contribution in [2.75, 3.05) is 13.7 Å². The Hall–Kier alpha value is -3.52. The molecular formula is C25H26N4O3S. The van der Waals surface area contributed by atoms with Crippen molar-refractivity contribution >= 4 is 17.7 Å². The fraction of sp³-hybridized carbons (Fsp3) is 0.240. The molecule has 2 heterocycles. The highest BCUT2D eigenvalue weighted by molar-refractivity contribution is 8.00. The van der Waals surface area contributed by atoms with E-state index in [9.17, 15) is 4.79 Å². The molecule has 0 aliphatic heterocycles. The molecule has 7 nitrogen and oxygen atoms in total. The highest BCUT2D eigenvalue weighted by atomic mass is 32.2. The largest absolute Gasteiger partial charge is 0.497 e. The normalized spacial score (nSPS) is 11.8. The van der Waals surface area contributed by atoms with Gasteiger partial charge in [-0.15, -0.1) is 10.2 Å². The minimum Gasteiger partial charge on any atom is -0.497 e. The van der Waals surface area contributed by atoms with Gasteiger partial charge in [-0.2, -0.15) is 0 Å². The molecule has 170 valence electrons. The highest BCUT2D eigenvalue weighted by Crippen LogP contribution is 2.29. The number of carbonyl (C=O) groups excluding carboxylic acids is 1. The first kappa shape index (κ1) is 22.7. The predicted molar refractivity (Wildman–Crippen MR) is 128 cm³/mol. The third kappa shape index (κ3) is 5.84. The van der Waals surface area contributed by atoms with Gasteiger partial charge in [-0.3, -0.25) is 9.36 Å². The van der Waals surface area contributed by atoms with Crippen LogP contribution < -0.4 is 10.1 Å². The smallest absolute Gasteiger partial charge is 0.233 e. The minimum atomic E-state index is -0.335. The van der Waals surface area contributed by atoms with Gasteiger partial charge in [0.05, 0.1) is 25.2 Å². The van der Waals surface area contributed by atoms with E-state index in [1.165, 1.54) is 17.3 Å². The summed E-state index contributed by atoms with van der Waals surface area (Å²) >= 11 is 1.38. The van der Waals surface area contributed by atoms with E-state index in [0.29, 0.717) is 24.1 Å². The summed E-state index contributed by atoms with van der Waals surface area (Å²) in [6, 6.07) is 21.5. The summed E-state index contributed by atoms with van der Waals surface area (Å²) in [5, 5.41) is 12.1. The average Bonchev–Trinajstić information content (AvgIpc) is 3.50. The van der Waals surface area contributed by atoms with Crippen molar-refractivity contribution in [3.8, 4) is 17.1 Å². The molecule has 0 saturated carbocycles. The summed E-state index contributed by atoms with van der Waals surface area (Å²) in [6.07, 6.45) is 2.43. The maximum Gasteiger partial charge on any atom is 0.233 e. The monoisotopic (exact) mass is 462 g/mol. The molecule has 0 bridgehead atoms. The number of aromatic nitrogens is 3. The molecule has 1 amide bonds. The molecule has 1 unspecified atom stereocenters. The van der Waals surface area contributed by atoms with Gasteiger partial charge in [0.15, 0.2) is 11.0 Å². The standard InChI is InChI=1S/C25H26N4O3S/c1-18(24(30)26-14-13-19-8-4-3-5-9-19)33-25-28-27-23(20-10-6-11-21(16-20)31-2)29(25)17-22-12-7-15-32-22/h3-12,15-16,18H,13-14,17H2,1-2H3,(H,26,30). The number of ether oxygens (including phenoxy) is 1. The molecule has 1 N–H and O–H groups in total. The van der Waals surface area contributed by atoms with Crippen LogP contribution in [0.2, 0.25) is 0 Å². The summed E-state index contributed by atoms with van der Waals surface area (Å²) in [5.41, 5.74) is 2.07. The number of carbonyl (C=O) groups is 1. The lowest BCUT2D eigenvalue weighted by atomic mass is 10.1. The number of nitrogens with one attached hydrogen (secondary N) is 1. The van der Waals surface area contributed by atoms with Crippen LogP contribution in [0.1, 0.15) is 18.2 Å². The molecular weight excluding hydrogens is 436 g/mol. The lowest BCUT2D eigenvalue weighted by Gasteiger charge is -2.13. The fourth-order valence-electron chi connectivity index (χ4n) is 3.38. The second-order valence-electron chi connectivity index (χ2n) is 7.49. The summed E-state index contributed by atoms with van der Waals surface area (Å²) in [4.78, 5) is 12.7. The Labute approximate surface area is 197 Å². The number of methoxy groups -OCH3 is 1. The molecule has 0 saturated heterocycles. The number of furan rings is 1. The molecule has 4 aromatic rings. The zero-order valence-electron chi connectivity index (χ0n) is 18.6. The van der Waals surface area contributed by atoms with Crippen LogP contribution in [0.5, 0.6) is 5.75 Å². The van der Waals surface area contributed by atoms with E-state index >= 15 is 0 Å². The molecule has 4 rings (SSSR count). The first-order chi connectivity index (χ1) is 16.1. The van der Waals surface area contributed by atoms with Crippen LogP contribution in [0.25, 0.3) is 11.4 Å². The zero-order valence-corrected chi connectivity index (χ0v) is 19.4. The van der Waals surface area contributed by atoms with Gasteiger partial charge in [-0.05, 0) is 43.2 Å². The second-order valence-corrected chi connectivity index (χ2v) is 8.80. The average molecular weight is 463 g/mol. The van der Waals surface area contributed by atoms with Crippen molar-refractivity contribution in [3.05, 3.63) is 84.3 Å². The fourth-order valence-corrected chi connectivity index (χ4v) is 4.26. The molecule has 1 atom stereocenters. The van der Waals surface area contributed by atoms with Gasteiger partial charge in [0.1, 0.15) is 11.5 Å². The van der Waals surface area contributed by atoms with Crippen molar-refractivity contribution in [1.82, 2.24) is 20.1 Å². The van der Waals surface area contributed by atoms with Crippen molar-refractivity contribution < 1.29 is 13.9 Å². The second kappa shape index (κ2) is 10.9. The number of thioether (sulfide) groups is 1. The van der Waals surface area contributed by atoms with Crippen LogP contribution in [0, 0.1) is 0 Å². The summed E-state index contributed by atoms with van der Waals surface area (Å²) in [6.45, 7) is 2.92. The van der Waals surface area contributed by atoms with Crippen molar-refractivity contribution in [3.63, 3.8) is 0 Å². The summed E-state index contributed by atoms with van der Waals surface area (Å²) in [7, 11) is 1.63. The van der Waals surface area contributed by atoms with E-state index in [-0.39, 0.29) is 11.2 Å². The van der Waals surface area contributed by atoms with E-state index in [1.54, 1.807) is 13.4 Å². The third-order valence-electron chi connectivity index (χ3n) is 5.15. The quantitative estimate of drug-likeness (QED) is 0.351. The van der Waals surface area contributed by atoms with Crippen molar-refractivity contribution in [1.29, 1.82) is 0 Å². The number of nitrogens with zero attached hydrogens (tertiary/aromatic N) is 3. The number of hydrogen-bond donors (Lipinski definition) is 1. The third-order valence-corrected chi connectivity index (χ3v) is 6.23. The zero-order chi connectivity index (χ0) is 23.0. The van der Waals surface area contributed by atoms with E-state index in [4.69, 9.17) is 9.15 Å². The summed E-state index contributed by atoms with van der Waals surface area (Å²) in [5.74, 6) is 2.16. The number of benzene rings is 2. The van der Waals surface area contributed by atoms with E-state index in [2.05, 4.69) is 27.6 Å². The number of rotatable bonds is 10. The molecule has 8 heteroatoms. The van der Waals surface area contributed by atoms with E-state index in [1.807, 2.05) is 66.1 Å². The van der Waals surface area contributed by atoms with Gasteiger partial charge < -0.3 is 14.5 Å². The molecule has 0 aliphatic rings. The van der Waals surface area contributed by atoms with Gasteiger partial charge in [-0.25, -0.2) is 0 Å². The first-order valence-electron chi connectivity index (χ1n) is 10.7. The number of hydrogen-bond acceptors (Lipinski definition) is 6. The highest BCUT2D eigenvalue weighted by Gasteiger charge is 2.21. The maximum absolute atomic E-state index is 12.7. The molecule has 0 radical (unpaired) electrons. The van der Waals surface area contributed by atoms with Gasteiger partial charge in [0, 0.05) is 12.1 Å². The van der Waals surface area contributed by atoms with Gasteiger partial charge in [-0.1, -0.05) is 54.2 Å². The van der Waals surface area contributed by atoms with E-state index in [0.717, 1.165) is 23.5 Å². The van der Waals surface area contributed by atoms with Crippen LogP contribution in [0.3, 0.4) is 0 Å². The Balaban J connectivity index is 1.49. The van der Waals surface area contributed by atoms with Crippen molar-refractivity contribution in [2.45, 2.75) is 30.3 Å². The number of amides is 1. The molecule has 2 aromatic carbocycles. The van der Waals surface area contributed by atoms with Crippen LogP contribution in [-0.2, 0) is 17.8 Å². The molecule has 0 fully saturated rings. The summed E-state index contributed by atoms with van der Waals surface area (Å²) < 4.78 is 12.9. The maximum atomic E-state index is 12.7.